The molecule has 4 rings (SSSR count). The van der Waals surface area contributed by atoms with Crippen LogP contribution in [0.3, 0.4) is 0 Å². The Hall–Kier alpha value is -3.45. The minimum absolute atomic E-state index is 0.230. The van der Waals surface area contributed by atoms with E-state index in [1.807, 2.05) is 68.4 Å². The zero-order valence-corrected chi connectivity index (χ0v) is 16.9. The molecule has 7 heteroatoms. The van der Waals surface area contributed by atoms with Crippen LogP contribution in [0, 0.1) is 6.92 Å². The number of aryl methyl sites for hydroxylation is 1. The number of ether oxygens (including phenoxy) is 1. The fraction of sp³-hybridized carbons (Fsp3) is 0.136. The van der Waals surface area contributed by atoms with Gasteiger partial charge in [0.05, 0.1) is 17.0 Å². The summed E-state index contributed by atoms with van der Waals surface area (Å²) in [6.07, 6.45) is 3.28. The van der Waals surface area contributed by atoms with Crippen molar-refractivity contribution in [2.45, 2.75) is 13.8 Å². The van der Waals surface area contributed by atoms with Gasteiger partial charge in [0, 0.05) is 12.1 Å². The number of carbonyl (C=O) groups excluding carboxylic acids is 1. The number of hydrogen-bond acceptors (Lipinski definition) is 5. The number of anilines is 1. The fourth-order valence-electron chi connectivity index (χ4n) is 2.91. The van der Waals surface area contributed by atoms with Crippen molar-refractivity contribution >= 4 is 39.4 Å². The van der Waals surface area contributed by atoms with Gasteiger partial charge >= 0.3 is 0 Å². The first-order valence-corrected chi connectivity index (χ1v) is 10.1. The molecular weight excluding hydrogens is 384 g/mol. The van der Waals surface area contributed by atoms with Crippen LogP contribution >= 0.6 is 11.3 Å². The number of nitrogens with one attached hydrogen (secondary N) is 1. The Bertz CT molecular complexity index is 1180. The van der Waals surface area contributed by atoms with Crippen molar-refractivity contribution < 1.29 is 9.53 Å². The van der Waals surface area contributed by atoms with Gasteiger partial charge in [-0.2, -0.15) is 9.78 Å². The predicted octanol–water partition coefficient (Wildman–Crippen LogP) is 4.84. The SMILES string of the molecule is CCOc1cccc2sc(-n3nc(C)cc3NC(=O)/C=C/c3ccccc3)nc12. The van der Waals surface area contributed by atoms with Gasteiger partial charge in [-0.15, -0.1) is 0 Å². The fourth-order valence-corrected chi connectivity index (χ4v) is 3.86. The third-order valence-corrected chi connectivity index (χ3v) is 5.16. The van der Waals surface area contributed by atoms with Gasteiger partial charge in [-0.1, -0.05) is 47.7 Å². The lowest BCUT2D eigenvalue weighted by molar-refractivity contribution is -0.111. The number of aromatic nitrogens is 3. The Balaban J connectivity index is 1.62. The average molecular weight is 404 g/mol. The maximum Gasteiger partial charge on any atom is 0.249 e. The lowest BCUT2D eigenvalue weighted by atomic mass is 10.2. The molecular formula is C22H20N4O2S. The topological polar surface area (TPSA) is 69.0 Å². The largest absolute Gasteiger partial charge is 0.492 e. The summed E-state index contributed by atoms with van der Waals surface area (Å²) in [4.78, 5) is 17.1. The van der Waals surface area contributed by atoms with Gasteiger partial charge in [-0.25, -0.2) is 4.98 Å². The average Bonchev–Trinajstić information content (AvgIpc) is 3.31. The van der Waals surface area contributed by atoms with E-state index in [-0.39, 0.29) is 5.91 Å². The van der Waals surface area contributed by atoms with Gasteiger partial charge in [0.15, 0.2) is 0 Å². The van der Waals surface area contributed by atoms with E-state index in [1.54, 1.807) is 10.8 Å². The molecule has 0 aliphatic heterocycles. The first-order chi connectivity index (χ1) is 14.1. The summed E-state index contributed by atoms with van der Waals surface area (Å²) in [5.41, 5.74) is 2.54. The number of amides is 1. The Morgan fingerprint density at radius 1 is 1.21 bits per heavy atom. The number of rotatable bonds is 6. The van der Waals surface area contributed by atoms with Crippen molar-refractivity contribution in [3.05, 3.63) is 71.9 Å². The van der Waals surface area contributed by atoms with Crippen LogP contribution in [-0.2, 0) is 4.79 Å². The summed E-state index contributed by atoms with van der Waals surface area (Å²) in [6, 6.07) is 17.3. The summed E-state index contributed by atoms with van der Waals surface area (Å²) in [6.45, 7) is 4.40. The number of hydrogen-bond donors (Lipinski definition) is 1. The van der Waals surface area contributed by atoms with Crippen molar-refractivity contribution in [3.63, 3.8) is 0 Å². The van der Waals surface area contributed by atoms with E-state index in [4.69, 9.17) is 9.72 Å². The standard InChI is InChI=1S/C22H20N4O2S/c1-3-28-17-10-7-11-18-21(17)24-22(29-18)26-19(14-15(2)25-26)23-20(27)13-12-16-8-5-4-6-9-16/h4-14H,3H2,1-2H3,(H,23,27)/b13-12+. The van der Waals surface area contributed by atoms with Crippen molar-refractivity contribution in [1.29, 1.82) is 0 Å². The second kappa shape index (κ2) is 8.28. The van der Waals surface area contributed by atoms with Gasteiger partial charge < -0.3 is 10.1 Å². The molecule has 0 atom stereocenters. The summed E-state index contributed by atoms with van der Waals surface area (Å²) in [5, 5.41) is 8.07. The predicted molar refractivity (Wildman–Crippen MR) is 117 cm³/mol. The molecule has 1 N–H and O–H groups in total. The number of fused-ring (bicyclic) bond motifs is 1. The van der Waals surface area contributed by atoms with Gasteiger partial charge in [0.25, 0.3) is 0 Å². The van der Waals surface area contributed by atoms with Crippen molar-refractivity contribution in [2.75, 3.05) is 11.9 Å². The van der Waals surface area contributed by atoms with E-state index < -0.39 is 0 Å². The summed E-state index contributed by atoms with van der Waals surface area (Å²) in [7, 11) is 0. The van der Waals surface area contributed by atoms with Crippen molar-refractivity contribution in [3.8, 4) is 10.9 Å². The Morgan fingerprint density at radius 3 is 2.83 bits per heavy atom. The first-order valence-electron chi connectivity index (χ1n) is 9.27. The molecule has 0 unspecified atom stereocenters. The number of para-hydroxylation sites is 1. The van der Waals surface area contributed by atoms with Crippen LogP contribution in [0.5, 0.6) is 5.75 Å². The van der Waals surface area contributed by atoms with Crippen LogP contribution in [0.15, 0.2) is 60.7 Å². The molecule has 146 valence electrons. The summed E-state index contributed by atoms with van der Waals surface area (Å²) < 4.78 is 8.34. The number of benzene rings is 2. The second-order valence-electron chi connectivity index (χ2n) is 6.35. The molecule has 2 heterocycles. The molecule has 0 saturated heterocycles. The Morgan fingerprint density at radius 2 is 2.03 bits per heavy atom. The molecule has 1 amide bonds. The molecule has 0 radical (unpaired) electrons. The van der Waals surface area contributed by atoms with Gasteiger partial charge in [-0.3, -0.25) is 4.79 Å². The van der Waals surface area contributed by atoms with Crippen LogP contribution in [0.1, 0.15) is 18.2 Å². The normalized spacial score (nSPS) is 11.2. The lowest BCUT2D eigenvalue weighted by Gasteiger charge is -2.04. The molecule has 6 nitrogen and oxygen atoms in total. The maximum absolute atomic E-state index is 12.4. The Labute approximate surface area is 172 Å². The monoisotopic (exact) mass is 404 g/mol. The van der Waals surface area contributed by atoms with Crippen molar-refractivity contribution in [2.24, 2.45) is 0 Å². The molecule has 0 bridgehead atoms. The molecule has 0 saturated carbocycles. The highest BCUT2D eigenvalue weighted by Crippen LogP contribution is 2.32. The van der Waals surface area contributed by atoms with Gasteiger partial charge in [0.1, 0.15) is 17.1 Å². The van der Waals surface area contributed by atoms with E-state index >= 15 is 0 Å². The molecule has 29 heavy (non-hydrogen) atoms. The molecule has 0 fully saturated rings. The van der Waals surface area contributed by atoms with E-state index in [1.165, 1.54) is 17.4 Å². The molecule has 2 aromatic carbocycles. The molecule has 0 aliphatic carbocycles. The van der Waals surface area contributed by atoms with Crippen molar-refractivity contribution in [1.82, 2.24) is 14.8 Å². The first kappa shape index (κ1) is 18.9. The van der Waals surface area contributed by atoms with Crippen LogP contribution in [-0.4, -0.2) is 27.3 Å². The number of nitrogens with zero attached hydrogens (tertiary/aromatic N) is 3. The second-order valence-corrected chi connectivity index (χ2v) is 7.36. The third-order valence-electron chi connectivity index (χ3n) is 4.16. The van der Waals surface area contributed by atoms with Crippen LogP contribution in [0.25, 0.3) is 21.4 Å². The zero-order valence-electron chi connectivity index (χ0n) is 16.1. The van der Waals surface area contributed by atoms with Crippen LogP contribution in [0.2, 0.25) is 0 Å². The lowest BCUT2D eigenvalue weighted by Crippen LogP contribution is -2.12. The minimum Gasteiger partial charge on any atom is -0.492 e. The molecule has 0 aliphatic rings. The Kier molecular flexibility index (Phi) is 5.39. The van der Waals surface area contributed by atoms with Crippen LogP contribution in [0.4, 0.5) is 5.82 Å². The zero-order chi connectivity index (χ0) is 20.2. The minimum atomic E-state index is -0.230. The number of thiazole rings is 1. The van der Waals surface area contributed by atoms with E-state index in [9.17, 15) is 4.79 Å². The third kappa shape index (κ3) is 4.20. The van der Waals surface area contributed by atoms with E-state index in [2.05, 4.69) is 10.4 Å². The van der Waals surface area contributed by atoms with Gasteiger partial charge in [-0.05, 0) is 37.6 Å². The quantitative estimate of drug-likeness (QED) is 0.467. The smallest absolute Gasteiger partial charge is 0.249 e. The highest BCUT2D eigenvalue weighted by Gasteiger charge is 2.15. The van der Waals surface area contributed by atoms with Gasteiger partial charge in [0.2, 0.25) is 11.0 Å². The molecule has 2 aromatic heterocycles. The summed E-state index contributed by atoms with van der Waals surface area (Å²) in [5.74, 6) is 1.08. The summed E-state index contributed by atoms with van der Waals surface area (Å²) >= 11 is 1.50. The molecule has 0 spiro atoms. The number of carbonyl (C=O) groups is 1. The maximum atomic E-state index is 12.4. The van der Waals surface area contributed by atoms with E-state index in [0.717, 1.165) is 27.2 Å². The van der Waals surface area contributed by atoms with E-state index in [0.29, 0.717) is 17.6 Å². The highest BCUT2D eigenvalue weighted by molar-refractivity contribution is 7.20. The van der Waals surface area contributed by atoms with Crippen LogP contribution < -0.4 is 10.1 Å². The molecule has 4 aromatic rings. The highest BCUT2D eigenvalue weighted by atomic mass is 32.1.